The van der Waals surface area contributed by atoms with Gasteiger partial charge in [0.15, 0.2) is 5.13 Å². The molecule has 31 heavy (non-hydrogen) atoms. The molecular weight excluding hydrogens is 410 g/mol. The maximum atomic E-state index is 12.7. The summed E-state index contributed by atoms with van der Waals surface area (Å²) < 4.78 is 0. The molecule has 3 heterocycles. The predicted molar refractivity (Wildman–Crippen MR) is 120 cm³/mol. The molecule has 164 valence electrons. The zero-order valence-corrected chi connectivity index (χ0v) is 18.6. The van der Waals surface area contributed by atoms with E-state index >= 15 is 0 Å². The second-order valence-electron chi connectivity index (χ2n) is 8.82. The van der Waals surface area contributed by atoms with Gasteiger partial charge in [-0.15, -0.1) is 11.3 Å². The molecule has 2 aromatic heterocycles. The number of anilines is 1. The van der Waals surface area contributed by atoms with Crippen LogP contribution in [0.4, 0.5) is 5.13 Å². The number of carbonyl (C=O) groups excluding carboxylic acids is 2. The smallest absolute Gasteiger partial charge is 0.225 e. The summed E-state index contributed by atoms with van der Waals surface area (Å²) in [5.41, 5.74) is 2.22. The van der Waals surface area contributed by atoms with Crippen molar-refractivity contribution in [1.29, 1.82) is 0 Å². The topological polar surface area (TPSA) is 78.4 Å². The number of amides is 2. The maximum absolute atomic E-state index is 12.7. The van der Waals surface area contributed by atoms with Crippen LogP contribution in [-0.2, 0) is 29.0 Å². The first-order valence-electron chi connectivity index (χ1n) is 11.4. The van der Waals surface area contributed by atoms with Gasteiger partial charge >= 0.3 is 0 Å². The molecule has 5 rings (SSSR count). The lowest BCUT2D eigenvalue weighted by atomic mass is 9.84. The summed E-state index contributed by atoms with van der Waals surface area (Å²) in [6.07, 6.45) is 9.30. The second-order valence-corrected chi connectivity index (χ2v) is 9.88. The molecule has 8 heteroatoms. The SMILES string of the molecule is O=C(NCc1ccncc1)C1CCc2nc(N3CCN(C(=O)C4CCC4)CC3)sc2C1. The van der Waals surface area contributed by atoms with Gasteiger partial charge in [0.2, 0.25) is 11.8 Å². The number of piperazine rings is 1. The van der Waals surface area contributed by atoms with Crippen LogP contribution in [0, 0.1) is 11.8 Å². The third-order valence-corrected chi connectivity index (χ3v) is 8.01. The molecular formula is C23H29N5O2S. The summed E-state index contributed by atoms with van der Waals surface area (Å²) in [4.78, 5) is 39.7. The first kappa shape index (κ1) is 20.4. The highest BCUT2D eigenvalue weighted by Crippen LogP contribution is 2.35. The largest absolute Gasteiger partial charge is 0.352 e. The number of hydrogen-bond acceptors (Lipinski definition) is 6. The average Bonchev–Trinajstić information content (AvgIpc) is 3.20. The Morgan fingerprint density at radius 3 is 2.55 bits per heavy atom. The van der Waals surface area contributed by atoms with Gasteiger partial charge in [0, 0.05) is 61.8 Å². The van der Waals surface area contributed by atoms with Crippen LogP contribution < -0.4 is 10.2 Å². The van der Waals surface area contributed by atoms with Crippen molar-refractivity contribution in [2.24, 2.45) is 11.8 Å². The highest BCUT2D eigenvalue weighted by molar-refractivity contribution is 7.15. The molecule has 1 unspecified atom stereocenters. The fourth-order valence-corrected chi connectivity index (χ4v) is 5.82. The Labute approximate surface area is 186 Å². The zero-order valence-electron chi connectivity index (χ0n) is 17.8. The number of pyridine rings is 1. The molecule has 2 amide bonds. The Balaban J connectivity index is 1.15. The minimum Gasteiger partial charge on any atom is -0.352 e. The first-order valence-corrected chi connectivity index (χ1v) is 12.2. The minimum absolute atomic E-state index is 0.0135. The van der Waals surface area contributed by atoms with E-state index in [1.54, 1.807) is 23.7 Å². The van der Waals surface area contributed by atoms with Gasteiger partial charge in [-0.1, -0.05) is 6.42 Å². The van der Waals surface area contributed by atoms with E-state index in [0.29, 0.717) is 12.5 Å². The van der Waals surface area contributed by atoms with Crippen molar-refractivity contribution >= 4 is 28.3 Å². The van der Waals surface area contributed by atoms with Gasteiger partial charge in [-0.2, -0.15) is 0 Å². The van der Waals surface area contributed by atoms with Crippen LogP contribution in [0.25, 0.3) is 0 Å². The number of aromatic nitrogens is 2. The number of thiazole rings is 1. The molecule has 2 fully saturated rings. The van der Waals surface area contributed by atoms with Gasteiger partial charge < -0.3 is 15.1 Å². The number of rotatable bonds is 5. The Hall–Kier alpha value is -2.48. The molecule has 1 aliphatic heterocycles. The van der Waals surface area contributed by atoms with Crippen molar-refractivity contribution in [3.63, 3.8) is 0 Å². The van der Waals surface area contributed by atoms with E-state index in [2.05, 4.69) is 15.2 Å². The van der Waals surface area contributed by atoms with Crippen LogP contribution in [0.3, 0.4) is 0 Å². The monoisotopic (exact) mass is 439 g/mol. The number of aryl methyl sites for hydroxylation is 1. The fraction of sp³-hybridized carbons (Fsp3) is 0.565. The molecule has 0 bridgehead atoms. The van der Waals surface area contributed by atoms with E-state index in [9.17, 15) is 9.59 Å². The Morgan fingerprint density at radius 1 is 1.06 bits per heavy atom. The van der Waals surface area contributed by atoms with Crippen LogP contribution in [0.2, 0.25) is 0 Å². The lowest BCUT2D eigenvalue weighted by Gasteiger charge is -2.38. The summed E-state index contributed by atoms with van der Waals surface area (Å²) in [5, 5.41) is 4.13. The summed E-state index contributed by atoms with van der Waals surface area (Å²) >= 11 is 1.73. The number of fused-ring (bicyclic) bond motifs is 1. The molecule has 2 aromatic rings. The van der Waals surface area contributed by atoms with Crippen LogP contribution >= 0.6 is 11.3 Å². The number of nitrogens with one attached hydrogen (secondary N) is 1. The van der Waals surface area contributed by atoms with Crippen LogP contribution in [0.15, 0.2) is 24.5 Å². The Kier molecular flexibility index (Phi) is 5.89. The van der Waals surface area contributed by atoms with Gasteiger partial charge in [0.25, 0.3) is 0 Å². The molecule has 1 saturated carbocycles. The van der Waals surface area contributed by atoms with Crippen LogP contribution in [0.1, 0.15) is 41.8 Å². The predicted octanol–water partition coefficient (Wildman–Crippen LogP) is 2.41. The molecule has 1 saturated heterocycles. The molecule has 0 aromatic carbocycles. The Bertz CT molecular complexity index is 935. The fourth-order valence-electron chi connectivity index (χ4n) is 4.59. The van der Waals surface area contributed by atoms with Crippen LogP contribution in [0.5, 0.6) is 0 Å². The molecule has 7 nitrogen and oxygen atoms in total. The molecule has 2 aliphatic carbocycles. The highest BCUT2D eigenvalue weighted by atomic mass is 32.1. The number of nitrogens with zero attached hydrogens (tertiary/aromatic N) is 4. The normalized spacial score (nSPS) is 21.4. The molecule has 0 radical (unpaired) electrons. The first-order chi connectivity index (χ1) is 15.2. The van der Waals surface area contributed by atoms with Crippen molar-refractivity contribution < 1.29 is 9.59 Å². The van der Waals surface area contributed by atoms with E-state index < -0.39 is 0 Å². The summed E-state index contributed by atoms with van der Waals surface area (Å²) in [6.45, 7) is 3.82. The van der Waals surface area contributed by atoms with Crippen LogP contribution in [-0.4, -0.2) is 52.9 Å². The summed E-state index contributed by atoms with van der Waals surface area (Å²) in [5.74, 6) is 0.769. The van der Waals surface area contributed by atoms with Crippen molar-refractivity contribution in [2.45, 2.75) is 45.1 Å². The Morgan fingerprint density at radius 2 is 1.84 bits per heavy atom. The lowest BCUT2D eigenvalue weighted by Crippen LogP contribution is -2.51. The van der Waals surface area contributed by atoms with E-state index in [1.165, 1.54) is 11.3 Å². The van der Waals surface area contributed by atoms with Gasteiger partial charge in [0.05, 0.1) is 5.69 Å². The molecule has 1 N–H and O–H groups in total. The number of hydrogen-bond donors (Lipinski definition) is 1. The molecule has 0 spiro atoms. The van der Waals surface area contributed by atoms with Crippen molar-refractivity contribution in [3.05, 3.63) is 40.7 Å². The standard InChI is InChI=1S/C23H29N5O2S/c29-21(25-15-16-6-8-24-9-7-16)18-4-5-19-20(14-18)31-23(26-19)28-12-10-27(11-13-28)22(30)17-2-1-3-17/h6-9,17-18H,1-5,10-15H2,(H,25,29). The molecule has 3 aliphatic rings. The lowest BCUT2D eigenvalue weighted by molar-refractivity contribution is -0.138. The summed E-state index contributed by atoms with van der Waals surface area (Å²) in [6, 6.07) is 3.85. The van der Waals surface area contributed by atoms with E-state index in [0.717, 1.165) is 74.7 Å². The van der Waals surface area contributed by atoms with Gasteiger partial charge in [-0.25, -0.2) is 4.98 Å². The summed E-state index contributed by atoms with van der Waals surface area (Å²) in [7, 11) is 0. The minimum atomic E-state index is 0.0135. The van der Waals surface area contributed by atoms with E-state index in [-0.39, 0.29) is 17.7 Å². The second kappa shape index (κ2) is 8.94. The zero-order chi connectivity index (χ0) is 21.2. The third-order valence-electron chi connectivity index (χ3n) is 6.83. The van der Waals surface area contributed by atoms with Gasteiger partial charge in [-0.3, -0.25) is 14.6 Å². The molecule has 1 atom stereocenters. The highest BCUT2D eigenvalue weighted by Gasteiger charge is 2.33. The maximum Gasteiger partial charge on any atom is 0.225 e. The van der Waals surface area contributed by atoms with Crippen molar-refractivity contribution in [2.75, 3.05) is 31.1 Å². The van der Waals surface area contributed by atoms with Gasteiger partial charge in [0.1, 0.15) is 0 Å². The van der Waals surface area contributed by atoms with Crippen molar-refractivity contribution in [1.82, 2.24) is 20.2 Å². The van der Waals surface area contributed by atoms with E-state index in [1.807, 2.05) is 17.0 Å². The third kappa shape index (κ3) is 4.44. The van der Waals surface area contributed by atoms with Crippen molar-refractivity contribution in [3.8, 4) is 0 Å². The quantitative estimate of drug-likeness (QED) is 0.774. The van der Waals surface area contributed by atoms with E-state index in [4.69, 9.17) is 4.98 Å². The van der Waals surface area contributed by atoms with Gasteiger partial charge in [-0.05, 0) is 49.8 Å². The average molecular weight is 440 g/mol. The number of carbonyl (C=O) groups is 2.